The third kappa shape index (κ3) is 3.69. The third-order valence-corrected chi connectivity index (χ3v) is 4.05. The van der Waals surface area contributed by atoms with Crippen molar-refractivity contribution < 1.29 is 8.42 Å². The van der Waals surface area contributed by atoms with Gasteiger partial charge in [-0.15, -0.1) is 0 Å². The molecule has 4 N–H and O–H groups in total. The number of nitrogens with zero attached hydrogens (tertiary/aromatic N) is 2. The summed E-state index contributed by atoms with van der Waals surface area (Å²) < 4.78 is 26.1. The van der Waals surface area contributed by atoms with Crippen molar-refractivity contribution in [3.63, 3.8) is 0 Å². The quantitative estimate of drug-likeness (QED) is 0.647. The molecule has 1 aromatic heterocycles. The van der Waals surface area contributed by atoms with Crippen molar-refractivity contribution in [2.75, 3.05) is 25.9 Å². The minimum Gasteiger partial charge on any atom is -0.383 e. The van der Waals surface area contributed by atoms with Gasteiger partial charge < -0.3 is 10.6 Å². The van der Waals surface area contributed by atoms with E-state index in [1.165, 1.54) is 6.20 Å². The van der Waals surface area contributed by atoms with Crippen molar-refractivity contribution in [2.45, 2.75) is 24.8 Å². The topological polar surface area (TPSA) is 104 Å². The van der Waals surface area contributed by atoms with Gasteiger partial charge in [-0.2, -0.15) is 5.10 Å². The highest BCUT2D eigenvalue weighted by atomic mass is 32.2. The first-order chi connectivity index (χ1) is 7.84. The first-order valence-corrected chi connectivity index (χ1v) is 6.81. The first-order valence-electron chi connectivity index (χ1n) is 5.33. The highest BCUT2D eigenvalue weighted by molar-refractivity contribution is 7.89. The number of hydrogen-bond acceptors (Lipinski definition) is 5. The Balaban J connectivity index is 2.55. The normalized spacial score (nSPS) is 12.5. The molecule has 8 heteroatoms. The Hall–Kier alpha value is -1.12. The number of rotatable bonds is 6. The molecule has 0 aliphatic rings. The number of hydrogen-bond donors (Lipinski definition) is 3. The smallest absolute Gasteiger partial charge is 0.245 e. The van der Waals surface area contributed by atoms with Gasteiger partial charge >= 0.3 is 0 Å². The molecule has 1 aromatic rings. The number of aromatic amines is 1. The summed E-state index contributed by atoms with van der Waals surface area (Å²) in [4.78, 5) is 2.03. The largest absolute Gasteiger partial charge is 0.383 e. The van der Waals surface area contributed by atoms with Crippen molar-refractivity contribution in [3.8, 4) is 0 Å². The van der Waals surface area contributed by atoms with Gasteiger partial charge in [-0.05, 0) is 20.9 Å². The predicted molar refractivity (Wildman–Crippen MR) is 66.0 cm³/mol. The summed E-state index contributed by atoms with van der Waals surface area (Å²) in [6.45, 7) is 5.06. The SMILES string of the molecule is CC(C)N(C)CCNS(=O)(=O)c1cn[nH]c1N. The van der Waals surface area contributed by atoms with E-state index in [1.807, 2.05) is 25.8 Å². The standard InChI is InChI=1S/C9H19N5O2S/c1-7(2)14(3)5-4-12-17(15,16)8-6-11-13-9(8)10/h6-7,12H,4-5H2,1-3H3,(H3,10,11,13). The zero-order valence-corrected chi connectivity index (χ0v) is 11.1. The molecule has 0 aromatic carbocycles. The maximum atomic E-state index is 11.8. The third-order valence-electron chi connectivity index (χ3n) is 2.56. The summed E-state index contributed by atoms with van der Waals surface area (Å²) in [7, 11) is -1.63. The van der Waals surface area contributed by atoms with E-state index in [4.69, 9.17) is 5.73 Å². The number of nitrogens with one attached hydrogen (secondary N) is 2. The molecule has 1 rings (SSSR count). The van der Waals surface area contributed by atoms with Crippen LogP contribution < -0.4 is 10.5 Å². The Morgan fingerprint density at radius 1 is 1.59 bits per heavy atom. The van der Waals surface area contributed by atoms with Crippen LogP contribution in [0.15, 0.2) is 11.1 Å². The highest BCUT2D eigenvalue weighted by Gasteiger charge is 2.18. The van der Waals surface area contributed by atoms with Crippen LogP contribution in [0.1, 0.15) is 13.8 Å². The number of aromatic nitrogens is 2. The molecule has 1 heterocycles. The minimum absolute atomic E-state index is 0.00954. The van der Waals surface area contributed by atoms with Crippen LogP contribution in [0.3, 0.4) is 0 Å². The van der Waals surface area contributed by atoms with Crippen LogP contribution in [0.25, 0.3) is 0 Å². The summed E-state index contributed by atoms with van der Waals surface area (Å²) in [6, 6.07) is 0.374. The van der Waals surface area contributed by atoms with Crippen molar-refractivity contribution in [3.05, 3.63) is 6.20 Å². The fourth-order valence-electron chi connectivity index (χ4n) is 1.19. The fourth-order valence-corrected chi connectivity index (χ4v) is 2.23. The molecule has 7 nitrogen and oxygen atoms in total. The molecule has 0 radical (unpaired) electrons. The maximum absolute atomic E-state index is 11.8. The average Bonchev–Trinajstić information content (AvgIpc) is 2.64. The van der Waals surface area contributed by atoms with Gasteiger partial charge in [0, 0.05) is 19.1 Å². The van der Waals surface area contributed by atoms with E-state index in [0.29, 0.717) is 19.1 Å². The zero-order valence-electron chi connectivity index (χ0n) is 10.3. The Kier molecular flexibility index (Phi) is 4.49. The van der Waals surface area contributed by atoms with Gasteiger partial charge in [-0.1, -0.05) is 0 Å². The lowest BCUT2D eigenvalue weighted by molar-refractivity contribution is 0.278. The van der Waals surface area contributed by atoms with E-state index < -0.39 is 10.0 Å². The van der Waals surface area contributed by atoms with Gasteiger partial charge in [0.25, 0.3) is 0 Å². The maximum Gasteiger partial charge on any atom is 0.245 e. The molecule has 0 spiro atoms. The van der Waals surface area contributed by atoms with Gasteiger partial charge in [0.1, 0.15) is 10.7 Å². The molecule has 0 amide bonds. The van der Waals surface area contributed by atoms with Crippen LogP contribution in [0.5, 0.6) is 0 Å². The summed E-state index contributed by atoms with van der Waals surface area (Å²) in [5.74, 6) is 0.0507. The molecule has 0 aliphatic heterocycles. The minimum atomic E-state index is -3.56. The van der Waals surface area contributed by atoms with Gasteiger partial charge in [0.2, 0.25) is 10.0 Å². The van der Waals surface area contributed by atoms with E-state index in [0.717, 1.165) is 0 Å². The van der Waals surface area contributed by atoms with Crippen molar-refractivity contribution in [2.24, 2.45) is 0 Å². The Morgan fingerprint density at radius 2 is 2.24 bits per heavy atom. The van der Waals surface area contributed by atoms with Gasteiger partial charge in [0.15, 0.2) is 0 Å². The van der Waals surface area contributed by atoms with E-state index >= 15 is 0 Å². The second-order valence-corrected chi connectivity index (χ2v) is 5.86. The first kappa shape index (κ1) is 13.9. The van der Waals surface area contributed by atoms with Crippen molar-refractivity contribution >= 4 is 15.8 Å². The summed E-state index contributed by atoms with van der Waals surface area (Å²) in [5, 5.41) is 5.97. The Morgan fingerprint density at radius 3 is 2.71 bits per heavy atom. The Labute approximate surface area is 101 Å². The molecule has 0 atom stereocenters. The lowest BCUT2D eigenvalue weighted by Crippen LogP contribution is -2.36. The lowest BCUT2D eigenvalue weighted by atomic mass is 10.3. The van der Waals surface area contributed by atoms with Crippen LogP contribution in [0.4, 0.5) is 5.82 Å². The van der Waals surface area contributed by atoms with Crippen LogP contribution in [0.2, 0.25) is 0 Å². The van der Waals surface area contributed by atoms with Gasteiger partial charge in [0.05, 0.1) is 6.20 Å². The monoisotopic (exact) mass is 261 g/mol. The molecule has 98 valence electrons. The van der Waals surface area contributed by atoms with E-state index in [1.54, 1.807) is 0 Å². The molecule has 0 bridgehead atoms. The van der Waals surface area contributed by atoms with Crippen LogP contribution in [-0.2, 0) is 10.0 Å². The lowest BCUT2D eigenvalue weighted by Gasteiger charge is -2.20. The summed E-state index contributed by atoms with van der Waals surface area (Å²) in [5.41, 5.74) is 5.46. The van der Waals surface area contributed by atoms with Crippen LogP contribution >= 0.6 is 0 Å². The molecule has 0 saturated heterocycles. The van der Waals surface area contributed by atoms with Crippen LogP contribution in [0, 0.1) is 0 Å². The molecule has 0 unspecified atom stereocenters. The van der Waals surface area contributed by atoms with Crippen molar-refractivity contribution in [1.82, 2.24) is 19.8 Å². The molecular formula is C9H19N5O2S. The molecule has 0 aliphatic carbocycles. The second-order valence-electron chi connectivity index (χ2n) is 4.12. The van der Waals surface area contributed by atoms with E-state index in [-0.39, 0.29) is 10.7 Å². The Bertz CT molecular complexity index is 454. The van der Waals surface area contributed by atoms with Gasteiger partial charge in [-0.25, -0.2) is 13.1 Å². The number of likely N-dealkylation sites (N-methyl/N-ethyl adjacent to an activating group) is 1. The number of H-pyrrole nitrogens is 1. The number of nitrogens with two attached hydrogens (primary N) is 1. The summed E-state index contributed by atoms with van der Waals surface area (Å²) in [6.07, 6.45) is 1.20. The molecule has 17 heavy (non-hydrogen) atoms. The van der Waals surface area contributed by atoms with E-state index in [2.05, 4.69) is 14.9 Å². The zero-order chi connectivity index (χ0) is 13.1. The number of sulfonamides is 1. The average molecular weight is 261 g/mol. The summed E-state index contributed by atoms with van der Waals surface area (Å²) >= 11 is 0. The molecular weight excluding hydrogens is 242 g/mol. The van der Waals surface area contributed by atoms with E-state index in [9.17, 15) is 8.42 Å². The van der Waals surface area contributed by atoms with Gasteiger partial charge in [-0.3, -0.25) is 5.10 Å². The van der Waals surface area contributed by atoms with Crippen LogP contribution in [-0.4, -0.2) is 49.7 Å². The highest BCUT2D eigenvalue weighted by Crippen LogP contribution is 2.12. The molecule has 0 fully saturated rings. The molecule has 0 saturated carbocycles. The predicted octanol–water partition coefficient (Wildman–Crippen LogP) is -0.390. The second kappa shape index (κ2) is 5.48. The number of anilines is 1. The number of nitrogen functional groups attached to an aromatic ring is 1. The fraction of sp³-hybridized carbons (Fsp3) is 0.667. The van der Waals surface area contributed by atoms with Crippen molar-refractivity contribution in [1.29, 1.82) is 0 Å².